The van der Waals surface area contributed by atoms with Crippen LogP contribution < -0.4 is 5.32 Å². The van der Waals surface area contributed by atoms with Gasteiger partial charge in [-0.15, -0.1) is 11.3 Å². The van der Waals surface area contributed by atoms with Gasteiger partial charge in [0.2, 0.25) is 0 Å². The topological polar surface area (TPSA) is 74.2 Å². The van der Waals surface area contributed by atoms with Crippen molar-refractivity contribution in [3.8, 4) is 0 Å². The molecular formula is C17H25N5OS. The number of aliphatic hydroxyl groups excluding tert-OH is 1. The average molecular weight is 347 g/mol. The molecule has 1 aliphatic rings. The molecule has 0 aromatic carbocycles. The highest BCUT2D eigenvalue weighted by molar-refractivity contribution is 7.15. The van der Waals surface area contributed by atoms with E-state index in [-0.39, 0.29) is 6.61 Å². The first kappa shape index (κ1) is 17.3. The van der Waals surface area contributed by atoms with Gasteiger partial charge in [0.15, 0.2) is 5.13 Å². The summed E-state index contributed by atoms with van der Waals surface area (Å²) in [5.41, 5.74) is 2.02. The number of aromatic nitrogens is 3. The normalized spacial score (nSPS) is 18.8. The van der Waals surface area contributed by atoms with Crippen molar-refractivity contribution in [1.29, 1.82) is 0 Å². The number of β-amino-alcohol motifs (C(OH)–C–C–N with tert-alkyl or cyclic N) is 1. The predicted molar refractivity (Wildman–Crippen MR) is 97.1 cm³/mol. The van der Waals surface area contributed by atoms with E-state index in [9.17, 15) is 0 Å². The average Bonchev–Trinajstić information content (AvgIpc) is 2.85. The van der Waals surface area contributed by atoms with Crippen LogP contribution in [0.3, 0.4) is 0 Å². The number of likely N-dealkylation sites (tertiary alicyclic amines) is 1. The Labute approximate surface area is 147 Å². The predicted octanol–water partition coefficient (Wildman–Crippen LogP) is 2.77. The number of thiazole rings is 1. The summed E-state index contributed by atoms with van der Waals surface area (Å²) in [6, 6.07) is 1.96. The number of anilines is 2. The van der Waals surface area contributed by atoms with Gasteiger partial charge in [-0.25, -0.2) is 15.0 Å². The third-order valence-electron chi connectivity index (χ3n) is 4.42. The van der Waals surface area contributed by atoms with Crippen LogP contribution in [0.5, 0.6) is 0 Å². The molecule has 1 aliphatic heterocycles. The smallest absolute Gasteiger partial charge is 0.188 e. The number of nitrogens with one attached hydrogen (secondary N) is 1. The maximum absolute atomic E-state index is 9.16. The Morgan fingerprint density at radius 3 is 2.83 bits per heavy atom. The van der Waals surface area contributed by atoms with E-state index in [1.807, 2.05) is 19.9 Å². The summed E-state index contributed by atoms with van der Waals surface area (Å²) in [6.07, 6.45) is 2.22. The van der Waals surface area contributed by atoms with Gasteiger partial charge >= 0.3 is 0 Å². The highest BCUT2D eigenvalue weighted by atomic mass is 32.1. The van der Waals surface area contributed by atoms with Crippen molar-refractivity contribution in [2.24, 2.45) is 0 Å². The fourth-order valence-corrected chi connectivity index (χ4v) is 3.91. The molecule has 0 spiro atoms. The lowest BCUT2D eigenvalue weighted by Crippen LogP contribution is -2.36. The lowest BCUT2D eigenvalue weighted by atomic mass is 9.97. The summed E-state index contributed by atoms with van der Waals surface area (Å²) in [7, 11) is 0. The van der Waals surface area contributed by atoms with Crippen LogP contribution in [0.25, 0.3) is 0 Å². The maximum atomic E-state index is 9.16. The van der Waals surface area contributed by atoms with E-state index in [2.05, 4.69) is 27.1 Å². The first-order chi connectivity index (χ1) is 11.5. The Kier molecular flexibility index (Phi) is 5.43. The Hall–Kier alpha value is -1.57. The SMILES string of the molecule is Cc1cc(Nc2nc(C)c(C)s2)nc([C@H]2CCCN(CCO)C2)n1. The van der Waals surface area contributed by atoms with Crippen molar-refractivity contribution in [2.75, 3.05) is 31.6 Å². The number of hydrogen-bond donors (Lipinski definition) is 2. The number of piperidine rings is 1. The van der Waals surface area contributed by atoms with Gasteiger partial charge in [-0.05, 0) is 40.2 Å². The van der Waals surface area contributed by atoms with Gasteiger partial charge in [-0.1, -0.05) is 0 Å². The molecule has 2 aromatic rings. The van der Waals surface area contributed by atoms with Gasteiger partial charge < -0.3 is 15.3 Å². The second-order valence-electron chi connectivity index (χ2n) is 6.40. The van der Waals surface area contributed by atoms with Crippen molar-refractivity contribution < 1.29 is 5.11 Å². The highest BCUT2D eigenvalue weighted by Gasteiger charge is 2.23. The van der Waals surface area contributed by atoms with Gasteiger partial charge in [-0.2, -0.15) is 0 Å². The van der Waals surface area contributed by atoms with Crippen LogP contribution >= 0.6 is 11.3 Å². The standard InChI is InChI=1S/C17H25N5OS/c1-11-9-15(21-17-19-12(2)13(3)24-17)20-16(18-11)14-5-4-6-22(10-14)7-8-23/h9,14,23H,4-8,10H2,1-3H3,(H,18,19,20,21)/t14-/m0/s1. The molecule has 0 bridgehead atoms. The molecule has 2 N–H and O–H groups in total. The molecule has 6 nitrogen and oxygen atoms in total. The zero-order chi connectivity index (χ0) is 17.1. The molecule has 2 aromatic heterocycles. The van der Waals surface area contributed by atoms with Gasteiger partial charge in [-0.3, -0.25) is 0 Å². The molecule has 1 saturated heterocycles. The summed E-state index contributed by atoms with van der Waals surface area (Å²) in [5.74, 6) is 2.03. The number of rotatable bonds is 5. The molecule has 3 heterocycles. The fourth-order valence-electron chi connectivity index (χ4n) is 3.08. The molecule has 3 rings (SSSR count). The Balaban J connectivity index is 1.78. The van der Waals surface area contributed by atoms with Crippen LogP contribution in [0.15, 0.2) is 6.07 Å². The van der Waals surface area contributed by atoms with Crippen molar-refractivity contribution in [1.82, 2.24) is 19.9 Å². The van der Waals surface area contributed by atoms with Crippen LogP contribution in [0.2, 0.25) is 0 Å². The molecule has 24 heavy (non-hydrogen) atoms. The molecule has 1 atom stereocenters. The Bertz CT molecular complexity index is 681. The minimum Gasteiger partial charge on any atom is -0.395 e. The van der Waals surface area contributed by atoms with E-state index in [1.54, 1.807) is 11.3 Å². The summed E-state index contributed by atoms with van der Waals surface area (Å²) >= 11 is 1.64. The molecule has 7 heteroatoms. The Morgan fingerprint density at radius 2 is 2.12 bits per heavy atom. The summed E-state index contributed by atoms with van der Waals surface area (Å²) in [6.45, 7) is 8.99. The minimum absolute atomic E-state index is 0.205. The van der Waals surface area contributed by atoms with Crippen LogP contribution in [-0.2, 0) is 0 Å². The number of nitrogens with zero attached hydrogens (tertiary/aromatic N) is 4. The van der Waals surface area contributed by atoms with E-state index in [4.69, 9.17) is 10.1 Å². The molecule has 1 fully saturated rings. The van der Waals surface area contributed by atoms with Crippen LogP contribution in [0, 0.1) is 20.8 Å². The number of hydrogen-bond acceptors (Lipinski definition) is 7. The summed E-state index contributed by atoms with van der Waals surface area (Å²) < 4.78 is 0. The van der Waals surface area contributed by atoms with E-state index >= 15 is 0 Å². The van der Waals surface area contributed by atoms with Crippen LogP contribution in [-0.4, -0.2) is 51.2 Å². The maximum Gasteiger partial charge on any atom is 0.188 e. The van der Waals surface area contributed by atoms with E-state index in [1.165, 1.54) is 4.88 Å². The molecule has 130 valence electrons. The zero-order valence-corrected chi connectivity index (χ0v) is 15.4. The van der Waals surface area contributed by atoms with Gasteiger partial charge in [0.25, 0.3) is 0 Å². The third-order valence-corrected chi connectivity index (χ3v) is 5.41. The summed E-state index contributed by atoms with van der Waals surface area (Å²) in [4.78, 5) is 17.4. The third kappa shape index (κ3) is 4.09. The van der Waals surface area contributed by atoms with Gasteiger partial charge in [0, 0.05) is 35.6 Å². The van der Waals surface area contributed by atoms with Crippen molar-refractivity contribution >= 4 is 22.3 Å². The van der Waals surface area contributed by atoms with Crippen LogP contribution in [0.1, 0.15) is 40.8 Å². The molecule has 0 unspecified atom stereocenters. The molecule has 0 radical (unpaired) electrons. The minimum atomic E-state index is 0.205. The second kappa shape index (κ2) is 7.55. The number of aliphatic hydroxyl groups is 1. The van der Waals surface area contributed by atoms with Crippen molar-refractivity contribution in [3.63, 3.8) is 0 Å². The Morgan fingerprint density at radius 1 is 1.29 bits per heavy atom. The summed E-state index contributed by atoms with van der Waals surface area (Å²) in [5, 5.41) is 13.4. The van der Waals surface area contributed by atoms with E-state index in [0.29, 0.717) is 5.92 Å². The van der Waals surface area contributed by atoms with E-state index in [0.717, 1.165) is 60.6 Å². The second-order valence-corrected chi connectivity index (χ2v) is 7.60. The highest BCUT2D eigenvalue weighted by Crippen LogP contribution is 2.28. The van der Waals surface area contributed by atoms with Gasteiger partial charge in [0.05, 0.1) is 12.3 Å². The first-order valence-electron chi connectivity index (χ1n) is 8.45. The van der Waals surface area contributed by atoms with E-state index < -0.39 is 0 Å². The molecule has 0 saturated carbocycles. The molecule has 0 aliphatic carbocycles. The molecular weight excluding hydrogens is 322 g/mol. The fraction of sp³-hybridized carbons (Fsp3) is 0.588. The number of aryl methyl sites for hydroxylation is 3. The lowest BCUT2D eigenvalue weighted by Gasteiger charge is -2.31. The first-order valence-corrected chi connectivity index (χ1v) is 9.26. The largest absolute Gasteiger partial charge is 0.395 e. The van der Waals surface area contributed by atoms with Crippen LogP contribution in [0.4, 0.5) is 10.9 Å². The monoisotopic (exact) mass is 347 g/mol. The zero-order valence-electron chi connectivity index (χ0n) is 14.5. The van der Waals surface area contributed by atoms with Crippen molar-refractivity contribution in [3.05, 3.63) is 28.2 Å². The lowest BCUT2D eigenvalue weighted by molar-refractivity contribution is 0.159. The van der Waals surface area contributed by atoms with Gasteiger partial charge in [0.1, 0.15) is 11.6 Å². The molecule has 0 amide bonds. The quantitative estimate of drug-likeness (QED) is 0.866. The van der Waals surface area contributed by atoms with Crippen molar-refractivity contribution in [2.45, 2.75) is 39.5 Å².